The minimum Gasteiger partial charge on any atom is -0.480 e. The Morgan fingerprint density at radius 2 is 2.12 bits per heavy atom. The Hall–Kier alpha value is -1.36. The monoisotopic (exact) mass is 241 g/mol. The molecule has 1 amide bonds. The van der Waals surface area contributed by atoms with Gasteiger partial charge in [-0.3, -0.25) is 9.59 Å². The number of carboxylic acid groups (broad SMARTS) is 1. The number of aliphatic carboxylic acids is 1. The molecule has 1 aromatic rings. The van der Waals surface area contributed by atoms with E-state index in [-0.39, 0.29) is 18.4 Å². The minimum absolute atomic E-state index is 0.221. The van der Waals surface area contributed by atoms with Crippen LogP contribution in [-0.2, 0) is 4.79 Å². The van der Waals surface area contributed by atoms with E-state index in [4.69, 9.17) is 5.11 Å². The number of rotatable bonds is 4. The number of nitrogens with zero attached hydrogens (tertiary/aromatic N) is 1. The molecular formula is C11H15NO3S. The molecule has 1 rings (SSSR count). The van der Waals surface area contributed by atoms with E-state index in [9.17, 15) is 9.59 Å². The van der Waals surface area contributed by atoms with Gasteiger partial charge in [0.05, 0.1) is 4.88 Å². The highest BCUT2D eigenvalue weighted by Crippen LogP contribution is 2.25. The highest BCUT2D eigenvalue weighted by molar-refractivity contribution is 7.12. The fourth-order valence-corrected chi connectivity index (χ4v) is 2.44. The van der Waals surface area contributed by atoms with Crippen LogP contribution in [0.25, 0.3) is 0 Å². The lowest BCUT2D eigenvalue weighted by molar-refractivity contribution is -0.137. The second-order valence-electron chi connectivity index (χ2n) is 3.91. The summed E-state index contributed by atoms with van der Waals surface area (Å²) in [6.45, 7) is 3.75. The molecule has 0 unspecified atom stereocenters. The molecule has 0 aliphatic heterocycles. The van der Waals surface area contributed by atoms with Gasteiger partial charge in [-0.2, -0.15) is 0 Å². The molecule has 0 aliphatic carbocycles. The highest BCUT2D eigenvalue weighted by atomic mass is 32.1. The van der Waals surface area contributed by atoms with Gasteiger partial charge in [0.1, 0.15) is 6.54 Å². The van der Waals surface area contributed by atoms with Crippen molar-refractivity contribution in [1.82, 2.24) is 4.90 Å². The van der Waals surface area contributed by atoms with E-state index >= 15 is 0 Å². The van der Waals surface area contributed by atoms with Crippen molar-refractivity contribution in [3.05, 3.63) is 21.9 Å². The van der Waals surface area contributed by atoms with E-state index in [1.165, 1.54) is 23.3 Å². The van der Waals surface area contributed by atoms with Gasteiger partial charge < -0.3 is 10.0 Å². The van der Waals surface area contributed by atoms with E-state index in [0.717, 1.165) is 5.56 Å². The van der Waals surface area contributed by atoms with Gasteiger partial charge in [-0.25, -0.2) is 0 Å². The molecule has 0 bridgehead atoms. The number of likely N-dealkylation sites (N-methyl/N-ethyl adjacent to an activating group) is 1. The average Bonchev–Trinajstić information content (AvgIpc) is 2.63. The van der Waals surface area contributed by atoms with Gasteiger partial charge in [-0.05, 0) is 22.9 Å². The van der Waals surface area contributed by atoms with E-state index in [1.54, 1.807) is 0 Å². The van der Waals surface area contributed by atoms with Gasteiger partial charge in [-0.15, -0.1) is 11.3 Å². The number of amides is 1. The first-order chi connectivity index (χ1) is 7.43. The molecule has 4 nitrogen and oxygen atoms in total. The fraction of sp³-hybridized carbons (Fsp3) is 0.455. The quantitative estimate of drug-likeness (QED) is 0.877. The van der Waals surface area contributed by atoms with Crippen molar-refractivity contribution in [2.24, 2.45) is 0 Å². The number of carbonyl (C=O) groups is 2. The van der Waals surface area contributed by atoms with Gasteiger partial charge in [0.2, 0.25) is 0 Å². The third kappa shape index (κ3) is 2.82. The molecule has 0 saturated heterocycles. The zero-order chi connectivity index (χ0) is 12.3. The molecule has 0 radical (unpaired) electrons. The Morgan fingerprint density at radius 1 is 1.50 bits per heavy atom. The van der Waals surface area contributed by atoms with Crippen molar-refractivity contribution in [3.63, 3.8) is 0 Å². The zero-order valence-electron chi connectivity index (χ0n) is 9.56. The van der Waals surface area contributed by atoms with E-state index in [2.05, 4.69) is 0 Å². The molecule has 5 heteroatoms. The maximum Gasteiger partial charge on any atom is 0.323 e. The SMILES string of the molecule is CC(C)c1ccsc1C(=O)N(C)CC(=O)O. The number of thiophene rings is 1. The highest BCUT2D eigenvalue weighted by Gasteiger charge is 2.20. The van der Waals surface area contributed by atoms with Crippen LogP contribution < -0.4 is 0 Å². The van der Waals surface area contributed by atoms with Crippen molar-refractivity contribution < 1.29 is 14.7 Å². The van der Waals surface area contributed by atoms with Crippen LogP contribution in [-0.4, -0.2) is 35.5 Å². The Balaban J connectivity index is 2.87. The van der Waals surface area contributed by atoms with Crippen molar-refractivity contribution in [1.29, 1.82) is 0 Å². The van der Waals surface area contributed by atoms with Gasteiger partial charge in [0.15, 0.2) is 0 Å². The summed E-state index contributed by atoms with van der Waals surface area (Å²) in [6, 6.07) is 1.91. The summed E-state index contributed by atoms with van der Waals surface area (Å²) in [7, 11) is 1.50. The summed E-state index contributed by atoms with van der Waals surface area (Å²) in [5.74, 6) is -0.956. The summed E-state index contributed by atoms with van der Waals surface area (Å²) < 4.78 is 0. The molecule has 1 aromatic heterocycles. The van der Waals surface area contributed by atoms with Gasteiger partial charge in [0.25, 0.3) is 5.91 Å². The third-order valence-corrected chi connectivity index (χ3v) is 3.15. The van der Waals surface area contributed by atoms with Crippen molar-refractivity contribution in [3.8, 4) is 0 Å². The molecule has 0 saturated carbocycles. The van der Waals surface area contributed by atoms with Gasteiger partial charge in [0, 0.05) is 7.05 Å². The maximum atomic E-state index is 11.9. The second-order valence-corrected chi connectivity index (χ2v) is 4.83. The number of carbonyl (C=O) groups excluding carboxylic acids is 1. The molecule has 0 aromatic carbocycles. The molecule has 0 fully saturated rings. The summed E-state index contributed by atoms with van der Waals surface area (Å²) in [5.41, 5.74) is 0.979. The average molecular weight is 241 g/mol. The van der Waals surface area contributed by atoms with Crippen LogP contribution in [0, 0.1) is 0 Å². The Morgan fingerprint density at radius 3 is 2.62 bits per heavy atom. The number of hydrogen-bond donors (Lipinski definition) is 1. The van der Waals surface area contributed by atoms with Crippen molar-refractivity contribution in [2.45, 2.75) is 19.8 Å². The standard InChI is InChI=1S/C11H15NO3S/c1-7(2)8-4-5-16-10(8)11(15)12(3)6-9(13)14/h4-5,7H,6H2,1-3H3,(H,13,14). The maximum absolute atomic E-state index is 11.9. The summed E-state index contributed by atoms with van der Waals surface area (Å²) in [6.07, 6.45) is 0. The van der Waals surface area contributed by atoms with Crippen LogP contribution in [0.5, 0.6) is 0 Å². The van der Waals surface area contributed by atoms with Crippen molar-refractivity contribution >= 4 is 23.2 Å². The molecule has 0 atom stereocenters. The third-order valence-electron chi connectivity index (χ3n) is 2.23. The van der Waals surface area contributed by atoms with Crippen molar-refractivity contribution in [2.75, 3.05) is 13.6 Å². The van der Waals surface area contributed by atoms with Gasteiger partial charge in [-0.1, -0.05) is 13.8 Å². The van der Waals surface area contributed by atoms with Crippen LogP contribution in [0.4, 0.5) is 0 Å². The normalized spacial score (nSPS) is 10.5. The van der Waals surface area contributed by atoms with E-state index in [1.807, 2.05) is 25.3 Å². The largest absolute Gasteiger partial charge is 0.480 e. The Kier molecular flexibility index (Phi) is 4.06. The molecule has 0 spiro atoms. The molecule has 1 heterocycles. The summed E-state index contributed by atoms with van der Waals surface area (Å²) in [5, 5.41) is 10.5. The molecule has 0 aliphatic rings. The second kappa shape index (κ2) is 5.12. The number of hydrogen-bond acceptors (Lipinski definition) is 3. The fourth-order valence-electron chi connectivity index (χ4n) is 1.40. The van der Waals surface area contributed by atoms with Gasteiger partial charge >= 0.3 is 5.97 Å². The predicted molar refractivity (Wildman–Crippen MR) is 63.0 cm³/mol. The van der Waals surface area contributed by atoms with Crippen LogP contribution in [0.2, 0.25) is 0 Å². The first-order valence-corrected chi connectivity index (χ1v) is 5.86. The topological polar surface area (TPSA) is 57.6 Å². The van der Waals surface area contributed by atoms with Crippen LogP contribution >= 0.6 is 11.3 Å². The first kappa shape index (κ1) is 12.7. The van der Waals surface area contributed by atoms with Crippen LogP contribution in [0.1, 0.15) is 35.0 Å². The number of carboxylic acids is 1. The molecule has 16 heavy (non-hydrogen) atoms. The zero-order valence-corrected chi connectivity index (χ0v) is 10.4. The molecule has 1 N–H and O–H groups in total. The minimum atomic E-state index is -1.00. The smallest absolute Gasteiger partial charge is 0.323 e. The molecular weight excluding hydrogens is 226 g/mol. The van der Waals surface area contributed by atoms with Crippen LogP contribution in [0.3, 0.4) is 0 Å². The first-order valence-electron chi connectivity index (χ1n) is 4.98. The van der Waals surface area contributed by atoms with E-state index < -0.39 is 5.97 Å². The summed E-state index contributed by atoms with van der Waals surface area (Å²) in [4.78, 5) is 24.3. The molecule has 88 valence electrons. The van der Waals surface area contributed by atoms with Crippen LogP contribution in [0.15, 0.2) is 11.4 Å². The lowest BCUT2D eigenvalue weighted by Crippen LogP contribution is -2.31. The predicted octanol–water partition coefficient (Wildman–Crippen LogP) is 2.03. The Bertz CT molecular complexity index is 398. The van der Waals surface area contributed by atoms with E-state index in [0.29, 0.717) is 4.88 Å². The summed E-state index contributed by atoms with van der Waals surface area (Å²) >= 11 is 1.36. The lowest BCUT2D eigenvalue weighted by Gasteiger charge is -2.15. The Labute approximate surface area is 98.5 Å². The lowest BCUT2D eigenvalue weighted by atomic mass is 10.0.